The van der Waals surface area contributed by atoms with Gasteiger partial charge in [-0.2, -0.15) is 12.6 Å². The van der Waals surface area contributed by atoms with Crippen molar-refractivity contribution in [3.63, 3.8) is 0 Å². The molecule has 2 rings (SSSR count). The number of carbonyl (C=O) groups is 1. The van der Waals surface area contributed by atoms with Gasteiger partial charge in [0.05, 0.1) is 0 Å². The van der Waals surface area contributed by atoms with Crippen molar-refractivity contribution in [1.29, 1.82) is 0 Å². The number of hydrogen-bond donors (Lipinski definition) is 3. The highest BCUT2D eigenvalue weighted by Gasteiger charge is 2.03. The second-order valence-corrected chi connectivity index (χ2v) is 4.52. The third-order valence-corrected chi connectivity index (χ3v) is 2.82. The van der Waals surface area contributed by atoms with Gasteiger partial charge in [-0.25, -0.2) is 4.98 Å². The lowest BCUT2D eigenvalue weighted by Gasteiger charge is -2.07. The summed E-state index contributed by atoms with van der Waals surface area (Å²) in [7, 11) is 0. The summed E-state index contributed by atoms with van der Waals surface area (Å²) in [5.74, 6) is 0.968. The van der Waals surface area contributed by atoms with Gasteiger partial charge in [0.25, 0.3) is 0 Å². The molecule has 0 bridgehead atoms. The van der Waals surface area contributed by atoms with E-state index in [2.05, 4.69) is 22.9 Å². The van der Waals surface area contributed by atoms with Crippen LogP contribution in [-0.2, 0) is 4.79 Å². The standard InChI is InChI=1S/C14H15N3OS/c15-13-9-11(4-6-16-13)10-2-1-3-12(8-10)17-14(18)5-7-19/h1-4,6,8-9,19H,5,7H2,(H2,15,16)(H,17,18). The molecule has 0 aliphatic rings. The molecule has 3 N–H and O–H groups in total. The summed E-state index contributed by atoms with van der Waals surface area (Å²) >= 11 is 4.03. The van der Waals surface area contributed by atoms with Gasteiger partial charge in [0.2, 0.25) is 5.91 Å². The van der Waals surface area contributed by atoms with Gasteiger partial charge in [-0.05, 0) is 41.1 Å². The number of pyridine rings is 1. The SMILES string of the molecule is Nc1cc(-c2cccc(NC(=O)CCS)c2)ccn1. The molecule has 0 aliphatic heterocycles. The molecule has 19 heavy (non-hydrogen) atoms. The summed E-state index contributed by atoms with van der Waals surface area (Å²) in [5.41, 5.74) is 8.38. The molecule has 1 heterocycles. The van der Waals surface area contributed by atoms with Gasteiger partial charge in [0, 0.05) is 18.3 Å². The Hall–Kier alpha value is -2.01. The maximum absolute atomic E-state index is 11.5. The van der Waals surface area contributed by atoms with Crippen LogP contribution in [0.15, 0.2) is 42.6 Å². The van der Waals surface area contributed by atoms with E-state index < -0.39 is 0 Å². The summed E-state index contributed by atoms with van der Waals surface area (Å²) < 4.78 is 0. The molecule has 0 fully saturated rings. The summed E-state index contributed by atoms with van der Waals surface area (Å²) in [6.45, 7) is 0. The first kappa shape index (κ1) is 13.4. The smallest absolute Gasteiger partial charge is 0.225 e. The second kappa shape index (κ2) is 6.24. The van der Waals surface area contributed by atoms with E-state index in [1.54, 1.807) is 12.3 Å². The second-order valence-electron chi connectivity index (χ2n) is 4.07. The van der Waals surface area contributed by atoms with Crippen molar-refractivity contribution >= 4 is 30.0 Å². The van der Waals surface area contributed by atoms with Crippen LogP contribution in [0.3, 0.4) is 0 Å². The van der Waals surface area contributed by atoms with Gasteiger partial charge in [0.15, 0.2) is 0 Å². The summed E-state index contributed by atoms with van der Waals surface area (Å²) in [6.07, 6.45) is 2.06. The van der Waals surface area contributed by atoms with Crippen molar-refractivity contribution in [3.05, 3.63) is 42.6 Å². The van der Waals surface area contributed by atoms with Crippen LogP contribution in [0, 0.1) is 0 Å². The van der Waals surface area contributed by atoms with Gasteiger partial charge in [-0.15, -0.1) is 0 Å². The van der Waals surface area contributed by atoms with E-state index in [9.17, 15) is 4.79 Å². The van der Waals surface area contributed by atoms with Gasteiger partial charge >= 0.3 is 0 Å². The minimum atomic E-state index is -0.0404. The Kier molecular flexibility index (Phi) is 4.41. The lowest BCUT2D eigenvalue weighted by atomic mass is 10.1. The molecule has 2 aromatic rings. The van der Waals surface area contributed by atoms with Crippen LogP contribution in [0.5, 0.6) is 0 Å². The highest BCUT2D eigenvalue weighted by atomic mass is 32.1. The summed E-state index contributed by atoms with van der Waals surface area (Å²) in [5, 5.41) is 2.83. The Morgan fingerprint density at radius 3 is 2.79 bits per heavy atom. The van der Waals surface area contributed by atoms with Crippen LogP contribution < -0.4 is 11.1 Å². The molecular formula is C14H15N3OS. The molecule has 0 saturated carbocycles. The summed E-state index contributed by atoms with van der Waals surface area (Å²) in [6, 6.07) is 11.3. The first-order valence-corrected chi connectivity index (χ1v) is 6.55. The number of nitrogens with zero attached hydrogens (tertiary/aromatic N) is 1. The number of carbonyl (C=O) groups excluding carboxylic acids is 1. The highest BCUT2D eigenvalue weighted by Crippen LogP contribution is 2.23. The van der Waals surface area contributed by atoms with E-state index in [1.165, 1.54) is 0 Å². The average molecular weight is 273 g/mol. The van der Waals surface area contributed by atoms with Crippen LogP contribution >= 0.6 is 12.6 Å². The number of rotatable bonds is 4. The first-order valence-electron chi connectivity index (χ1n) is 5.92. The predicted molar refractivity (Wildman–Crippen MR) is 81.2 cm³/mol. The molecular weight excluding hydrogens is 258 g/mol. The van der Waals surface area contributed by atoms with E-state index in [0.717, 1.165) is 16.8 Å². The van der Waals surface area contributed by atoms with Crippen molar-refractivity contribution in [2.24, 2.45) is 0 Å². The Balaban J connectivity index is 2.22. The number of nitrogens with two attached hydrogens (primary N) is 1. The molecule has 1 amide bonds. The molecule has 0 saturated heterocycles. The third-order valence-electron chi connectivity index (χ3n) is 2.60. The molecule has 0 aliphatic carbocycles. The van der Waals surface area contributed by atoms with Crippen molar-refractivity contribution in [3.8, 4) is 11.1 Å². The van der Waals surface area contributed by atoms with Crippen molar-refractivity contribution in [1.82, 2.24) is 4.98 Å². The minimum Gasteiger partial charge on any atom is -0.384 e. The van der Waals surface area contributed by atoms with E-state index in [1.807, 2.05) is 30.3 Å². The van der Waals surface area contributed by atoms with Crippen LogP contribution in [0.25, 0.3) is 11.1 Å². The lowest BCUT2D eigenvalue weighted by Crippen LogP contribution is -2.11. The van der Waals surface area contributed by atoms with Crippen LogP contribution in [0.2, 0.25) is 0 Å². The monoisotopic (exact) mass is 273 g/mol. The fourth-order valence-corrected chi connectivity index (χ4v) is 1.93. The molecule has 98 valence electrons. The molecule has 1 aromatic carbocycles. The van der Waals surface area contributed by atoms with Crippen LogP contribution in [0.1, 0.15) is 6.42 Å². The number of anilines is 2. The largest absolute Gasteiger partial charge is 0.384 e. The van der Waals surface area contributed by atoms with Crippen molar-refractivity contribution in [2.75, 3.05) is 16.8 Å². The number of nitrogen functional groups attached to an aromatic ring is 1. The number of benzene rings is 1. The fraction of sp³-hybridized carbons (Fsp3) is 0.143. The maximum Gasteiger partial charge on any atom is 0.225 e. The molecule has 0 unspecified atom stereocenters. The zero-order valence-electron chi connectivity index (χ0n) is 10.3. The Morgan fingerprint density at radius 1 is 1.26 bits per heavy atom. The van der Waals surface area contributed by atoms with E-state index in [4.69, 9.17) is 5.73 Å². The number of aromatic nitrogens is 1. The molecule has 1 aromatic heterocycles. The highest BCUT2D eigenvalue weighted by molar-refractivity contribution is 7.80. The number of nitrogens with one attached hydrogen (secondary N) is 1. The minimum absolute atomic E-state index is 0.0404. The molecule has 4 nitrogen and oxygen atoms in total. The average Bonchev–Trinajstić information content (AvgIpc) is 2.39. The molecule has 0 radical (unpaired) electrons. The van der Waals surface area contributed by atoms with Crippen molar-refractivity contribution in [2.45, 2.75) is 6.42 Å². The van der Waals surface area contributed by atoms with Gasteiger partial charge in [0.1, 0.15) is 5.82 Å². The Morgan fingerprint density at radius 2 is 2.05 bits per heavy atom. The molecule has 0 atom stereocenters. The van der Waals surface area contributed by atoms with Gasteiger partial charge in [-0.1, -0.05) is 12.1 Å². The number of thiol groups is 1. The number of amides is 1. The van der Waals surface area contributed by atoms with E-state index in [0.29, 0.717) is 18.0 Å². The molecule has 5 heteroatoms. The van der Waals surface area contributed by atoms with Gasteiger partial charge in [-0.3, -0.25) is 4.79 Å². The Labute approximate surface area is 117 Å². The van der Waals surface area contributed by atoms with E-state index in [-0.39, 0.29) is 5.91 Å². The topological polar surface area (TPSA) is 68.0 Å². The Bertz CT molecular complexity index is 586. The first-order chi connectivity index (χ1) is 9.19. The quantitative estimate of drug-likeness (QED) is 0.750. The zero-order chi connectivity index (χ0) is 13.7. The maximum atomic E-state index is 11.5. The van der Waals surface area contributed by atoms with Crippen LogP contribution in [0.4, 0.5) is 11.5 Å². The van der Waals surface area contributed by atoms with Crippen molar-refractivity contribution < 1.29 is 4.79 Å². The lowest BCUT2D eigenvalue weighted by molar-refractivity contribution is -0.115. The van der Waals surface area contributed by atoms with E-state index >= 15 is 0 Å². The normalized spacial score (nSPS) is 10.2. The fourth-order valence-electron chi connectivity index (χ4n) is 1.73. The zero-order valence-corrected chi connectivity index (χ0v) is 11.2. The third kappa shape index (κ3) is 3.72. The summed E-state index contributed by atoms with van der Waals surface area (Å²) in [4.78, 5) is 15.5. The van der Waals surface area contributed by atoms with Gasteiger partial charge < -0.3 is 11.1 Å². The molecule has 0 spiro atoms. The number of hydrogen-bond acceptors (Lipinski definition) is 4. The predicted octanol–water partition coefficient (Wildman–Crippen LogP) is 2.59. The van der Waals surface area contributed by atoms with Crippen LogP contribution in [-0.4, -0.2) is 16.6 Å².